The number of amidine groups is 1. The van der Waals surface area contributed by atoms with Gasteiger partial charge in [-0.25, -0.2) is 4.98 Å². The second-order valence-corrected chi connectivity index (χ2v) is 4.33. The van der Waals surface area contributed by atoms with Gasteiger partial charge < -0.3 is 15.0 Å². The van der Waals surface area contributed by atoms with Crippen LogP contribution in [0.3, 0.4) is 0 Å². The molecule has 0 spiro atoms. The van der Waals surface area contributed by atoms with Crippen molar-refractivity contribution in [1.29, 1.82) is 5.26 Å². The van der Waals surface area contributed by atoms with Crippen molar-refractivity contribution < 1.29 is 4.74 Å². The molecule has 2 aromatic rings. The number of hydrogen-bond donors (Lipinski definition) is 1. The first-order valence-electron chi connectivity index (χ1n) is 6.29. The quantitative estimate of drug-likeness (QED) is 0.531. The Hall–Kier alpha value is -3.07. The fourth-order valence-corrected chi connectivity index (χ4v) is 1.69. The average molecular weight is 281 g/mol. The molecular formula is C15H15N5O. The largest absolute Gasteiger partial charge is 0.425 e. The molecule has 0 bridgehead atoms. The van der Waals surface area contributed by atoms with Gasteiger partial charge in [0.1, 0.15) is 5.75 Å². The van der Waals surface area contributed by atoms with Crippen LogP contribution in [-0.4, -0.2) is 25.1 Å². The summed E-state index contributed by atoms with van der Waals surface area (Å²) in [6.07, 6.45) is 3.42. The zero-order valence-corrected chi connectivity index (χ0v) is 11.8. The summed E-state index contributed by atoms with van der Waals surface area (Å²) in [4.78, 5) is 9.78. The zero-order valence-electron chi connectivity index (χ0n) is 11.8. The maximum atomic E-state index is 8.79. The highest BCUT2D eigenvalue weighted by molar-refractivity contribution is 5.93. The Balaban J connectivity index is 2.22. The number of para-hydroxylation sites is 1. The summed E-state index contributed by atoms with van der Waals surface area (Å²) in [5, 5.41) is 11.8. The van der Waals surface area contributed by atoms with Crippen molar-refractivity contribution in [2.24, 2.45) is 4.99 Å². The Bertz CT molecular complexity index is 661. The fourth-order valence-electron chi connectivity index (χ4n) is 1.69. The third kappa shape index (κ3) is 3.94. The molecule has 0 aliphatic carbocycles. The van der Waals surface area contributed by atoms with Gasteiger partial charge in [-0.2, -0.15) is 5.26 Å². The van der Waals surface area contributed by atoms with Crippen LogP contribution in [0.1, 0.15) is 0 Å². The SMILES string of the molecule is CN(C)c1ncccc1N/C(=N/C#N)Oc1ccccc1. The molecule has 6 heteroatoms. The molecule has 21 heavy (non-hydrogen) atoms. The third-order valence-electron chi connectivity index (χ3n) is 2.56. The molecule has 2 rings (SSSR count). The molecule has 1 aromatic heterocycles. The molecule has 0 saturated heterocycles. The molecule has 1 N–H and O–H groups in total. The molecule has 6 nitrogen and oxygen atoms in total. The lowest BCUT2D eigenvalue weighted by atomic mass is 10.3. The van der Waals surface area contributed by atoms with Crippen molar-refractivity contribution >= 4 is 17.5 Å². The minimum Gasteiger partial charge on any atom is -0.425 e. The van der Waals surface area contributed by atoms with Crippen LogP contribution >= 0.6 is 0 Å². The molecule has 0 fully saturated rings. The molecule has 0 amide bonds. The molecule has 1 heterocycles. The van der Waals surface area contributed by atoms with Gasteiger partial charge in [0, 0.05) is 20.3 Å². The maximum Gasteiger partial charge on any atom is 0.310 e. The van der Waals surface area contributed by atoms with E-state index in [9.17, 15) is 0 Å². The standard InChI is InChI=1S/C15H15N5O/c1-20(2)14-13(9-6-10-17-14)19-15(18-11-16)21-12-7-4-3-5-8-12/h3-10H,1-2H3,(H,18,19). The number of nitrogens with zero attached hydrogens (tertiary/aromatic N) is 4. The summed E-state index contributed by atoms with van der Waals surface area (Å²) in [5.41, 5.74) is 0.701. The summed E-state index contributed by atoms with van der Waals surface area (Å²) in [7, 11) is 3.76. The molecular weight excluding hydrogens is 266 g/mol. The van der Waals surface area contributed by atoms with Crippen molar-refractivity contribution in [2.75, 3.05) is 24.3 Å². The number of rotatable bonds is 3. The van der Waals surface area contributed by atoms with Crippen LogP contribution in [0, 0.1) is 11.5 Å². The van der Waals surface area contributed by atoms with E-state index in [1.165, 1.54) is 0 Å². The predicted molar refractivity (Wildman–Crippen MR) is 82.3 cm³/mol. The summed E-state index contributed by atoms with van der Waals surface area (Å²) >= 11 is 0. The Morgan fingerprint density at radius 1 is 1.24 bits per heavy atom. The Morgan fingerprint density at radius 3 is 2.67 bits per heavy atom. The minimum atomic E-state index is 0.0970. The molecule has 0 unspecified atom stereocenters. The van der Waals surface area contributed by atoms with Crippen molar-refractivity contribution in [3.8, 4) is 11.9 Å². The number of hydrogen-bond acceptors (Lipinski definition) is 5. The summed E-state index contributed by atoms with van der Waals surface area (Å²) < 4.78 is 5.56. The number of aromatic nitrogens is 1. The highest BCUT2D eigenvalue weighted by Gasteiger charge is 2.09. The lowest BCUT2D eigenvalue weighted by Crippen LogP contribution is -2.22. The van der Waals surface area contributed by atoms with Crippen LogP contribution in [-0.2, 0) is 0 Å². The van der Waals surface area contributed by atoms with Gasteiger partial charge in [0.05, 0.1) is 5.69 Å². The molecule has 0 aliphatic heterocycles. The van der Waals surface area contributed by atoms with E-state index in [2.05, 4.69) is 15.3 Å². The van der Waals surface area contributed by atoms with E-state index >= 15 is 0 Å². The van der Waals surface area contributed by atoms with Gasteiger partial charge in [0.15, 0.2) is 5.82 Å². The molecule has 106 valence electrons. The monoisotopic (exact) mass is 281 g/mol. The molecule has 0 atom stereocenters. The molecule has 0 radical (unpaired) electrons. The van der Waals surface area contributed by atoms with E-state index < -0.39 is 0 Å². The van der Waals surface area contributed by atoms with Gasteiger partial charge in [0.25, 0.3) is 0 Å². The lowest BCUT2D eigenvalue weighted by molar-refractivity contribution is 0.549. The molecule has 0 saturated carbocycles. The van der Waals surface area contributed by atoms with Crippen LogP contribution in [0.4, 0.5) is 11.5 Å². The van der Waals surface area contributed by atoms with Crippen LogP contribution in [0.25, 0.3) is 0 Å². The number of aliphatic imine (C=N–C) groups is 1. The van der Waals surface area contributed by atoms with E-state index in [1.807, 2.05) is 43.3 Å². The van der Waals surface area contributed by atoms with Gasteiger partial charge in [0.2, 0.25) is 6.19 Å². The highest BCUT2D eigenvalue weighted by Crippen LogP contribution is 2.21. The van der Waals surface area contributed by atoms with Crippen LogP contribution in [0.2, 0.25) is 0 Å². The Kier molecular flexibility index (Phi) is 4.72. The fraction of sp³-hybridized carbons (Fsp3) is 0.133. The number of nitriles is 1. The summed E-state index contributed by atoms with van der Waals surface area (Å²) in [5.74, 6) is 1.31. The van der Waals surface area contributed by atoms with Crippen molar-refractivity contribution in [1.82, 2.24) is 4.98 Å². The Labute approximate surface area is 123 Å². The molecule has 1 aromatic carbocycles. The summed E-state index contributed by atoms with van der Waals surface area (Å²) in [6.45, 7) is 0. The van der Waals surface area contributed by atoms with Gasteiger partial charge >= 0.3 is 6.02 Å². The highest BCUT2D eigenvalue weighted by atomic mass is 16.5. The Morgan fingerprint density at radius 2 is 2.00 bits per heavy atom. The first-order valence-corrected chi connectivity index (χ1v) is 6.29. The van der Waals surface area contributed by atoms with Crippen molar-refractivity contribution in [3.63, 3.8) is 0 Å². The van der Waals surface area contributed by atoms with E-state index in [1.54, 1.807) is 30.6 Å². The predicted octanol–water partition coefficient (Wildman–Crippen LogP) is 2.48. The topological polar surface area (TPSA) is 73.5 Å². The van der Waals surface area contributed by atoms with Gasteiger partial charge in [-0.1, -0.05) is 18.2 Å². The number of benzene rings is 1. The first kappa shape index (κ1) is 14.3. The van der Waals surface area contributed by atoms with Gasteiger partial charge in [-0.15, -0.1) is 4.99 Å². The minimum absolute atomic E-state index is 0.0970. The number of ether oxygens (including phenoxy) is 1. The van der Waals surface area contributed by atoms with Gasteiger partial charge in [-0.3, -0.25) is 0 Å². The van der Waals surface area contributed by atoms with Crippen LogP contribution in [0.15, 0.2) is 53.7 Å². The maximum absolute atomic E-state index is 8.79. The van der Waals surface area contributed by atoms with E-state index in [0.717, 1.165) is 5.82 Å². The third-order valence-corrected chi connectivity index (χ3v) is 2.56. The lowest BCUT2D eigenvalue weighted by Gasteiger charge is -2.17. The smallest absolute Gasteiger partial charge is 0.310 e. The van der Waals surface area contributed by atoms with E-state index in [0.29, 0.717) is 11.4 Å². The van der Waals surface area contributed by atoms with Crippen molar-refractivity contribution in [2.45, 2.75) is 0 Å². The van der Waals surface area contributed by atoms with Crippen LogP contribution < -0.4 is 15.0 Å². The second-order valence-electron chi connectivity index (χ2n) is 4.33. The van der Waals surface area contributed by atoms with Crippen molar-refractivity contribution in [3.05, 3.63) is 48.7 Å². The van der Waals surface area contributed by atoms with E-state index in [-0.39, 0.29) is 6.02 Å². The second kappa shape index (κ2) is 6.91. The summed E-state index contributed by atoms with van der Waals surface area (Å²) in [6, 6.07) is 12.9. The van der Waals surface area contributed by atoms with Crippen LogP contribution in [0.5, 0.6) is 5.75 Å². The molecule has 0 aliphatic rings. The number of nitrogens with one attached hydrogen (secondary N) is 1. The van der Waals surface area contributed by atoms with E-state index in [4.69, 9.17) is 10.00 Å². The first-order chi connectivity index (χ1) is 10.2. The number of pyridine rings is 1. The normalized spacial score (nSPS) is 10.6. The average Bonchev–Trinajstić information content (AvgIpc) is 2.49. The number of anilines is 2. The zero-order chi connectivity index (χ0) is 15.1. The van der Waals surface area contributed by atoms with Gasteiger partial charge in [-0.05, 0) is 24.3 Å².